The van der Waals surface area contributed by atoms with Gasteiger partial charge in [-0.25, -0.2) is 0 Å². The molecule has 66 valence electrons. The summed E-state index contributed by atoms with van der Waals surface area (Å²) in [6.07, 6.45) is 0. The molecule has 0 aliphatic carbocycles. The van der Waals surface area contributed by atoms with Crippen LogP contribution < -0.4 is 9.64 Å². The molecule has 0 saturated carbocycles. The van der Waals surface area contributed by atoms with Crippen LogP contribution in [-0.2, 0) is 0 Å². The van der Waals surface area contributed by atoms with E-state index in [4.69, 9.17) is 4.74 Å². The number of thiol groups is 1. The summed E-state index contributed by atoms with van der Waals surface area (Å²) in [5.41, 5.74) is 1.02. The summed E-state index contributed by atoms with van der Waals surface area (Å²) >= 11 is 4.34. The molecule has 0 amide bonds. The van der Waals surface area contributed by atoms with Crippen LogP contribution >= 0.6 is 12.6 Å². The Morgan fingerprint density at radius 3 is 2.42 bits per heavy atom. The van der Waals surface area contributed by atoms with E-state index in [2.05, 4.69) is 12.6 Å². The van der Waals surface area contributed by atoms with Crippen LogP contribution in [0.1, 0.15) is 0 Å². The molecule has 0 unspecified atom stereocenters. The molecule has 0 atom stereocenters. The smallest absolute Gasteiger partial charge is 0.143 e. The number of ether oxygens (including phenoxy) is 1. The predicted molar refractivity (Wildman–Crippen MR) is 54.6 cm³/mol. The average Bonchev–Trinajstić information content (AvgIpc) is 2.03. The van der Waals surface area contributed by atoms with Crippen molar-refractivity contribution < 1.29 is 4.74 Å². The monoisotopic (exact) mass is 183 g/mol. The third kappa shape index (κ3) is 1.67. The van der Waals surface area contributed by atoms with Gasteiger partial charge in [0.15, 0.2) is 0 Å². The van der Waals surface area contributed by atoms with E-state index in [9.17, 15) is 0 Å². The predicted octanol–water partition coefficient (Wildman–Crippen LogP) is 2.05. The summed E-state index contributed by atoms with van der Waals surface area (Å²) in [4.78, 5) is 2.92. The maximum Gasteiger partial charge on any atom is 0.143 e. The highest BCUT2D eigenvalue weighted by Crippen LogP contribution is 2.32. The first-order chi connectivity index (χ1) is 5.66. The van der Waals surface area contributed by atoms with E-state index in [1.807, 2.05) is 37.2 Å². The van der Waals surface area contributed by atoms with Gasteiger partial charge in [-0.05, 0) is 12.1 Å². The van der Waals surface area contributed by atoms with Gasteiger partial charge in [0.05, 0.1) is 12.8 Å². The Morgan fingerprint density at radius 2 is 2.00 bits per heavy atom. The summed E-state index contributed by atoms with van der Waals surface area (Å²) in [5, 5.41) is 0. The molecule has 0 spiro atoms. The van der Waals surface area contributed by atoms with Gasteiger partial charge < -0.3 is 9.64 Å². The molecule has 1 aromatic rings. The highest BCUT2D eigenvalue weighted by molar-refractivity contribution is 7.80. The number of hydrogen-bond acceptors (Lipinski definition) is 3. The van der Waals surface area contributed by atoms with Crippen molar-refractivity contribution in [2.45, 2.75) is 4.90 Å². The first-order valence-electron chi connectivity index (χ1n) is 3.70. The minimum absolute atomic E-state index is 0.854. The second-order valence-electron chi connectivity index (χ2n) is 2.72. The van der Waals surface area contributed by atoms with Gasteiger partial charge in [0.25, 0.3) is 0 Å². The standard InChI is InChI=1S/C9H13NOS/c1-10(2)9-7(11-3)5-4-6-8(9)12/h4-6,12H,1-3H3. The van der Waals surface area contributed by atoms with Crippen LogP contribution in [0, 0.1) is 0 Å². The molecule has 0 aliphatic heterocycles. The molecule has 0 aliphatic rings. The van der Waals surface area contributed by atoms with Crippen molar-refractivity contribution in [2.24, 2.45) is 0 Å². The SMILES string of the molecule is COc1cccc(S)c1N(C)C. The van der Waals surface area contributed by atoms with Crippen molar-refractivity contribution in [3.63, 3.8) is 0 Å². The fourth-order valence-electron chi connectivity index (χ4n) is 1.12. The third-order valence-electron chi connectivity index (χ3n) is 1.64. The molecule has 3 heteroatoms. The van der Waals surface area contributed by atoms with Gasteiger partial charge in [-0.2, -0.15) is 0 Å². The molecule has 0 saturated heterocycles. The first-order valence-corrected chi connectivity index (χ1v) is 4.15. The molecule has 0 radical (unpaired) electrons. The van der Waals surface area contributed by atoms with Crippen molar-refractivity contribution in [3.8, 4) is 5.75 Å². The first kappa shape index (κ1) is 9.26. The van der Waals surface area contributed by atoms with Crippen LogP contribution in [0.5, 0.6) is 5.75 Å². The lowest BCUT2D eigenvalue weighted by atomic mass is 10.3. The molecule has 0 aromatic heterocycles. The van der Waals surface area contributed by atoms with Crippen LogP contribution in [0.25, 0.3) is 0 Å². The molecular weight excluding hydrogens is 170 g/mol. The minimum atomic E-state index is 0.854. The summed E-state index contributed by atoms with van der Waals surface area (Å²) in [6, 6.07) is 5.80. The maximum absolute atomic E-state index is 5.20. The Morgan fingerprint density at radius 1 is 1.33 bits per heavy atom. The lowest BCUT2D eigenvalue weighted by Crippen LogP contribution is -2.10. The molecule has 0 bridgehead atoms. The largest absolute Gasteiger partial charge is 0.495 e. The number of para-hydroxylation sites is 1. The molecule has 12 heavy (non-hydrogen) atoms. The van der Waals surface area contributed by atoms with Crippen LogP contribution in [0.4, 0.5) is 5.69 Å². The fraction of sp³-hybridized carbons (Fsp3) is 0.333. The molecule has 0 heterocycles. The van der Waals surface area contributed by atoms with E-state index in [0.717, 1.165) is 16.3 Å². The zero-order valence-corrected chi connectivity index (χ0v) is 8.43. The van der Waals surface area contributed by atoms with E-state index < -0.39 is 0 Å². The Hall–Kier alpha value is -0.830. The Labute approximate surface area is 78.6 Å². The van der Waals surface area contributed by atoms with Gasteiger partial charge in [-0.15, -0.1) is 12.6 Å². The average molecular weight is 183 g/mol. The van der Waals surface area contributed by atoms with Crippen LogP contribution in [0.15, 0.2) is 23.1 Å². The van der Waals surface area contributed by atoms with Gasteiger partial charge >= 0.3 is 0 Å². The van der Waals surface area contributed by atoms with Crippen LogP contribution in [-0.4, -0.2) is 21.2 Å². The van der Waals surface area contributed by atoms with E-state index >= 15 is 0 Å². The van der Waals surface area contributed by atoms with Crippen molar-refractivity contribution in [2.75, 3.05) is 26.1 Å². The molecule has 0 fully saturated rings. The highest BCUT2D eigenvalue weighted by atomic mass is 32.1. The third-order valence-corrected chi connectivity index (χ3v) is 2.01. The number of methoxy groups -OCH3 is 1. The molecule has 1 aromatic carbocycles. The van der Waals surface area contributed by atoms with Gasteiger partial charge in [0, 0.05) is 19.0 Å². The summed E-state index contributed by atoms with van der Waals surface area (Å²) in [7, 11) is 5.60. The second kappa shape index (κ2) is 3.72. The highest BCUT2D eigenvalue weighted by Gasteiger charge is 2.07. The lowest BCUT2D eigenvalue weighted by molar-refractivity contribution is 0.414. The summed E-state index contributed by atoms with van der Waals surface area (Å²) < 4.78 is 5.20. The normalized spacial score (nSPS) is 9.67. The zero-order valence-electron chi connectivity index (χ0n) is 7.53. The molecule has 0 N–H and O–H groups in total. The number of nitrogens with zero attached hydrogens (tertiary/aromatic N) is 1. The molecule has 1 rings (SSSR count). The van der Waals surface area contributed by atoms with E-state index in [-0.39, 0.29) is 0 Å². The van der Waals surface area contributed by atoms with Crippen molar-refractivity contribution in [1.29, 1.82) is 0 Å². The van der Waals surface area contributed by atoms with E-state index in [1.165, 1.54) is 0 Å². The number of rotatable bonds is 2. The van der Waals surface area contributed by atoms with Gasteiger partial charge in [-0.3, -0.25) is 0 Å². The van der Waals surface area contributed by atoms with Crippen LogP contribution in [0.3, 0.4) is 0 Å². The summed E-state index contributed by atoms with van der Waals surface area (Å²) in [6.45, 7) is 0. The van der Waals surface area contributed by atoms with Gasteiger partial charge in [-0.1, -0.05) is 6.07 Å². The Kier molecular flexibility index (Phi) is 2.87. The maximum atomic E-state index is 5.20. The van der Waals surface area contributed by atoms with Crippen LogP contribution in [0.2, 0.25) is 0 Å². The zero-order chi connectivity index (χ0) is 9.14. The minimum Gasteiger partial charge on any atom is -0.495 e. The second-order valence-corrected chi connectivity index (χ2v) is 3.20. The van der Waals surface area contributed by atoms with Gasteiger partial charge in [0.2, 0.25) is 0 Å². The fourth-order valence-corrected chi connectivity index (χ4v) is 1.52. The molecule has 2 nitrogen and oxygen atoms in total. The number of hydrogen-bond donors (Lipinski definition) is 1. The van der Waals surface area contributed by atoms with Crippen molar-refractivity contribution in [1.82, 2.24) is 0 Å². The lowest BCUT2D eigenvalue weighted by Gasteiger charge is -2.18. The quantitative estimate of drug-likeness (QED) is 0.704. The van der Waals surface area contributed by atoms with E-state index in [0.29, 0.717) is 0 Å². The topological polar surface area (TPSA) is 12.5 Å². The molecular formula is C9H13NOS. The Bertz CT molecular complexity index is 273. The number of anilines is 1. The van der Waals surface area contributed by atoms with Crippen molar-refractivity contribution in [3.05, 3.63) is 18.2 Å². The van der Waals surface area contributed by atoms with E-state index in [1.54, 1.807) is 7.11 Å². The van der Waals surface area contributed by atoms with Gasteiger partial charge in [0.1, 0.15) is 5.75 Å². The number of benzene rings is 1. The van der Waals surface area contributed by atoms with Crippen molar-refractivity contribution >= 4 is 18.3 Å². The Balaban J connectivity index is 3.20. The summed E-state index contributed by atoms with van der Waals surface area (Å²) in [5.74, 6) is 0.854.